The Morgan fingerprint density at radius 1 is 1.00 bits per heavy atom. The minimum atomic E-state index is 0.0637. The van der Waals surface area contributed by atoms with Crippen molar-refractivity contribution in [3.63, 3.8) is 0 Å². The van der Waals surface area contributed by atoms with E-state index in [-0.39, 0.29) is 5.41 Å². The topological polar surface area (TPSA) is 33.3 Å². The van der Waals surface area contributed by atoms with E-state index in [1.54, 1.807) is 0 Å². The van der Waals surface area contributed by atoms with Crippen molar-refractivity contribution >= 4 is 23.0 Å². The predicted molar refractivity (Wildman–Crippen MR) is 101 cm³/mol. The molecular formula is C19H24N2OS. The van der Waals surface area contributed by atoms with E-state index in [0.717, 1.165) is 11.4 Å². The van der Waals surface area contributed by atoms with Crippen molar-refractivity contribution in [3.05, 3.63) is 60.2 Å². The van der Waals surface area contributed by atoms with Gasteiger partial charge in [-0.25, -0.2) is 0 Å². The number of benzene rings is 2. The monoisotopic (exact) mass is 328 g/mol. The Labute approximate surface area is 144 Å². The lowest BCUT2D eigenvalue weighted by atomic mass is 9.86. The number of para-hydroxylation sites is 2. The maximum Gasteiger partial charge on any atom is 0.170 e. The largest absolute Gasteiger partial charge is 0.491 e. The van der Waals surface area contributed by atoms with E-state index in [9.17, 15) is 0 Å². The van der Waals surface area contributed by atoms with Crippen LogP contribution in [0.25, 0.3) is 0 Å². The number of anilines is 1. The van der Waals surface area contributed by atoms with Crippen LogP contribution in [0.4, 0.5) is 5.69 Å². The van der Waals surface area contributed by atoms with Gasteiger partial charge in [0.15, 0.2) is 5.11 Å². The van der Waals surface area contributed by atoms with Crippen molar-refractivity contribution in [2.24, 2.45) is 0 Å². The van der Waals surface area contributed by atoms with Crippen LogP contribution in [-0.4, -0.2) is 18.3 Å². The molecule has 0 saturated heterocycles. The van der Waals surface area contributed by atoms with Crippen molar-refractivity contribution < 1.29 is 4.74 Å². The smallest absolute Gasteiger partial charge is 0.170 e. The molecule has 0 unspecified atom stereocenters. The van der Waals surface area contributed by atoms with Gasteiger partial charge in [-0.1, -0.05) is 57.2 Å². The lowest BCUT2D eigenvalue weighted by Gasteiger charge is -2.22. The molecule has 122 valence electrons. The number of rotatable bonds is 5. The summed E-state index contributed by atoms with van der Waals surface area (Å²) in [6.07, 6.45) is 0. The molecule has 0 aliphatic carbocycles. The van der Waals surface area contributed by atoms with Gasteiger partial charge < -0.3 is 15.4 Å². The third-order valence-corrected chi connectivity index (χ3v) is 3.62. The van der Waals surface area contributed by atoms with E-state index < -0.39 is 0 Å². The molecule has 0 aliphatic heterocycles. The van der Waals surface area contributed by atoms with Gasteiger partial charge in [0.05, 0.1) is 6.54 Å². The first-order valence-corrected chi connectivity index (χ1v) is 8.20. The molecule has 0 atom stereocenters. The molecule has 2 rings (SSSR count). The van der Waals surface area contributed by atoms with Gasteiger partial charge in [0, 0.05) is 5.69 Å². The summed E-state index contributed by atoms with van der Waals surface area (Å²) in [5.74, 6) is 0.934. The number of nitrogens with one attached hydrogen (secondary N) is 2. The first-order valence-electron chi connectivity index (χ1n) is 7.79. The molecule has 0 saturated carbocycles. The van der Waals surface area contributed by atoms with Crippen molar-refractivity contribution in [2.75, 3.05) is 18.5 Å². The molecule has 0 aliphatic rings. The van der Waals surface area contributed by atoms with Crippen LogP contribution in [0.1, 0.15) is 26.3 Å². The molecule has 0 heterocycles. The van der Waals surface area contributed by atoms with Crippen LogP contribution in [-0.2, 0) is 5.41 Å². The molecule has 0 radical (unpaired) electrons. The van der Waals surface area contributed by atoms with E-state index in [1.165, 1.54) is 5.56 Å². The molecule has 2 N–H and O–H groups in total. The Kier molecular flexibility index (Phi) is 5.99. The highest BCUT2D eigenvalue weighted by molar-refractivity contribution is 7.80. The van der Waals surface area contributed by atoms with E-state index >= 15 is 0 Å². The van der Waals surface area contributed by atoms with Crippen LogP contribution in [0.5, 0.6) is 5.75 Å². The van der Waals surface area contributed by atoms with Crippen molar-refractivity contribution in [3.8, 4) is 5.75 Å². The molecule has 0 spiro atoms. The van der Waals surface area contributed by atoms with Crippen LogP contribution in [0.2, 0.25) is 0 Å². The third-order valence-electron chi connectivity index (χ3n) is 3.37. The molecule has 0 bridgehead atoms. The third kappa shape index (κ3) is 5.57. The first kappa shape index (κ1) is 17.3. The highest BCUT2D eigenvalue weighted by Gasteiger charge is 2.18. The highest BCUT2D eigenvalue weighted by Crippen LogP contribution is 2.30. The summed E-state index contributed by atoms with van der Waals surface area (Å²) in [5.41, 5.74) is 2.25. The van der Waals surface area contributed by atoms with Crippen molar-refractivity contribution in [2.45, 2.75) is 26.2 Å². The Morgan fingerprint density at radius 2 is 1.65 bits per heavy atom. The zero-order valence-corrected chi connectivity index (χ0v) is 14.7. The second-order valence-corrected chi connectivity index (χ2v) is 6.75. The number of thiocarbonyl (C=S) groups is 1. The second kappa shape index (κ2) is 7.97. The van der Waals surface area contributed by atoms with E-state index in [0.29, 0.717) is 18.3 Å². The van der Waals surface area contributed by atoms with Crippen LogP contribution >= 0.6 is 12.2 Å². The van der Waals surface area contributed by atoms with Gasteiger partial charge in [-0.2, -0.15) is 0 Å². The zero-order chi connectivity index (χ0) is 16.7. The van der Waals surface area contributed by atoms with Crippen LogP contribution in [0.15, 0.2) is 54.6 Å². The SMILES string of the molecule is CC(C)(C)c1ccccc1OCCNC(=S)Nc1ccccc1. The lowest BCUT2D eigenvalue weighted by Crippen LogP contribution is -2.32. The van der Waals surface area contributed by atoms with Gasteiger partial charge in [0.1, 0.15) is 12.4 Å². The number of hydrogen-bond acceptors (Lipinski definition) is 2. The van der Waals surface area contributed by atoms with Gasteiger partial charge in [-0.15, -0.1) is 0 Å². The van der Waals surface area contributed by atoms with E-state index in [2.05, 4.69) is 37.5 Å². The molecule has 4 heteroatoms. The summed E-state index contributed by atoms with van der Waals surface area (Å²) < 4.78 is 5.91. The minimum Gasteiger partial charge on any atom is -0.491 e. The zero-order valence-electron chi connectivity index (χ0n) is 13.9. The molecule has 3 nitrogen and oxygen atoms in total. The first-order chi connectivity index (χ1) is 11.0. The lowest BCUT2D eigenvalue weighted by molar-refractivity contribution is 0.313. The second-order valence-electron chi connectivity index (χ2n) is 6.34. The van der Waals surface area contributed by atoms with Crippen LogP contribution < -0.4 is 15.4 Å². The van der Waals surface area contributed by atoms with Crippen LogP contribution in [0.3, 0.4) is 0 Å². The number of ether oxygens (including phenoxy) is 1. The number of hydrogen-bond donors (Lipinski definition) is 2. The Balaban J connectivity index is 1.79. The van der Waals surface area contributed by atoms with Gasteiger partial charge in [0.2, 0.25) is 0 Å². The Hall–Kier alpha value is -2.07. The summed E-state index contributed by atoms with van der Waals surface area (Å²) in [4.78, 5) is 0. The summed E-state index contributed by atoms with van der Waals surface area (Å²) in [6.45, 7) is 7.77. The highest BCUT2D eigenvalue weighted by atomic mass is 32.1. The molecule has 0 fully saturated rings. The molecule has 2 aromatic rings. The van der Waals surface area contributed by atoms with E-state index in [4.69, 9.17) is 17.0 Å². The van der Waals surface area contributed by atoms with Gasteiger partial charge in [0.25, 0.3) is 0 Å². The quantitative estimate of drug-likeness (QED) is 0.631. The average molecular weight is 328 g/mol. The van der Waals surface area contributed by atoms with Crippen molar-refractivity contribution in [1.29, 1.82) is 0 Å². The maximum absolute atomic E-state index is 5.91. The summed E-state index contributed by atoms with van der Waals surface area (Å²) >= 11 is 5.27. The summed E-state index contributed by atoms with van der Waals surface area (Å²) in [7, 11) is 0. The fourth-order valence-corrected chi connectivity index (χ4v) is 2.45. The Bertz CT molecular complexity index is 635. The maximum atomic E-state index is 5.91. The summed E-state index contributed by atoms with van der Waals surface area (Å²) in [6, 6.07) is 18.0. The fourth-order valence-electron chi connectivity index (χ4n) is 2.23. The Morgan fingerprint density at radius 3 is 2.35 bits per heavy atom. The fraction of sp³-hybridized carbons (Fsp3) is 0.316. The van der Waals surface area contributed by atoms with Crippen molar-refractivity contribution in [1.82, 2.24) is 5.32 Å². The van der Waals surface area contributed by atoms with Crippen LogP contribution in [0, 0.1) is 0 Å². The summed E-state index contributed by atoms with van der Waals surface area (Å²) in [5, 5.41) is 6.90. The minimum absolute atomic E-state index is 0.0637. The van der Waals surface area contributed by atoms with Gasteiger partial charge in [-0.3, -0.25) is 0 Å². The van der Waals surface area contributed by atoms with Gasteiger partial charge in [-0.05, 0) is 41.4 Å². The predicted octanol–water partition coefficient (Wildman–Crippen LogP) is 4.35. The molecule has 2 aromatic carbocycles. The molecular weight excluding hydrogens is 304 g/mol. The van der Waals surface area contributed by atoms with E-state index in [1.807, 2.05) is 48.5 Å². The van der Waals surface area contributed by atoms with Gasteiger partial charge >= 0.3 is 0 Å². The average Bonchev–Trinajstić information content (AvgIpc) is 2.52. The normalized spacial score (nSPS) is 10.9. The molecule has 23 heavy (non-hydrogen) atoms. The molecule has 0 amide bonds. The standard InChI is InChI=1S/C19H24N2OS/c1-19(2,3)16-11-7-8-12-17(16)22-14-13-20-18(23)21-15-9-5-4-6-10-15/h4-12H,13-14H2,1-3H3,(H2,20,21,23). The molecule has 0 aromatic heterocycles.